The minimum Gasteiger partial charge on any atom is -0.460 e. The number of amides is 1. The number of hydrogen-bond acceptors (Lipinski definition) is 7. The van der Waals surface area contributed by atoms with Gasteiger partial charge >= 0.3 is 5.97 Å². The molecule has 2 unspecified atom stereocenters. The molecule has 2 aliphatic rings. The summed E-state index contributed by atoms with van der Waals surface area (Å²) in [6, 6.07) is 0. The number of rotatable bonds is 25. The molecule has 2 fully saturated rings. The van der Waals surface area contributed by atoms with Crippen molar-refractivity contribution in [3.05, 3.63) is 0 Å². The first-order valence-electron chi connectivity index (χ1n) is 17.4. The maximum Gasteiger partial charge on any atom is 0.306 e. The molecule has 0 bridgehead atoms. The Bertz CT molecular complexity index is 687. The van der Waals surface area contributed by atoms with Crippen molar-refractivity contribution in [1.82, 2.24) is 9.80 Å². The van der Waals surface area contributed by atoms with Crippen molar-refractivity contribution in [2.45, 2.75) is 142 Å². The normalized spacial score (nSPS) is 19.1. The standard InChI is InChI=1S/C34H64N2O5S/c1-5-7-9-11-13-15-23-39-33(40-24-16-14-12-10-8-6-2)21-20-32(37)41-31-26-30(29-18-19-29)27-36(28-31)34(38)42-25-17-22-35(3)4/h29-31,33H,5-28H2,1-4H3. The second-order valence-corrected chi connectivity index (χ2v) is 13.9. The van der Waals surface area contributed by atoms with E-state index in [2.05, 4.69) is 32.8 Å². The van der Waals surface area contributed by atoms with Crippen LogP contribution in [0.25, 0.3) is 0 Å². The van der Waals surface area contributed by atoms with Crippen LogP contribution in [-0.2, 0) is 19.0 Å². The number of unbranched alkanes of at least 4 members (excludes halogenated alkanes) is 10. The lowest BCUT2D eigenvalue weighted by molar-refractivity contribution is -0.164. The molecule has 1 heterocycles. The van der Waals surface area contributed by atoms with Crippen LogP contribution in [0.5, 0.6) is 0 Å². The number of esters is 1. The van der Waals surface area contributed by atoms with E-state index in [9.17, 15) is 9.59 Å². The molecular weight excluding hydrogens is 548 g/mol. The van der Waals surface area contributed by atoms with Crippen LogP contribution in [0, 0.1) is 11.8 Å². The Morgan fingerprint density at radius 1 is 0.810 bits per heavy atom. The van der Waals surface area contributed by atoms with Gasteiger partial charge in [-0.3, -0.25) is 9.59 Å². The summed E-state index contributed by atoms with van der Waals surface area (Å²) in [6.07, 6.45) is 19.2. The van der Waals surface area contributed by atoms with E-state index in [0.29, 0.717) is 38.0 Å². The summed E-state index contributed by atoms with van der Waals surface area (Å²) in [6.45, 7) is 8.14. The Labute approximate surface area is 262 Å². The number of likely N-dealkylation sites (tertiary alicyclic amines) is 1. The van der Waals surface area contributed by atoms with E-state index in [1.807, 2.05) is 4.90 Å². The molecule has 1 saturated heterocycles. The van der Waals surface area contributed by atoms with E-state index in [-0.39, 0.29) is 30.0 Å². The van der Waals surface area contributed by atoms with Gasteiger partial charge < -0.3 is 24.0 Å². The second-order valence-electron chi connectivity index (χ2n) is 12.9. The number of ether oxygens (including phenoxy) is 3. The molecule has 7 nitrogen and oxygen atoms in total. The van der Waals surface area contributed by atoms with Gasteiger partial charge in [-0.2, -0.15) is 0 Å². The molecular formula is C34H64N2O5S. The summed E-state index contributed by atoms with van der Waals surface area (Å²) in [5.74, 6) is 1.75. The van der Waals surface area contributed by atoms with Crippen LogP contribution in [0.3, 0.4) is 0 Å². The molecule has 0 N–H and O–H groups in total. The lowest BCUT2D eigenvalue weighted by Gasteiger charge is -2.37. The van der Waals surface area contributed by atoms with Gasteiger partial charge in [-0.15, -0.1) is 0 Å². The molecule has 42 heavy (non-hydrogen) atoms. The minimum atomic E-state index is -0.356. The Balaban J connectivity index is 1.77. The number of carbonyl (C=O) groups excluding carboxylic acids is 2. The van der Waals surface area contributed by atoms with Crippen molar-refractivity contribution in [2.24, 2.45) is 11.8 Å². The summed E-state index contributed by atoms with van der Waals surface area (Å²) in [5.41, 5.74) is 0. The molecule has 0 radical (unpaired) electrons. The molecule has 0 spiro atoms. The fourth-order valence-electron chi connectivity index (χ4n) is 5.75. The molecule has 8 heteroatoms. The molecule has 1 saturated carbocycles. The first-order chi connectivity index (χ1) is 20.4. The molecule has 246 valence electrons. The fourth-order valence-corrected chi connectivity index (χ4v) is 6.53. The van der Waals surface area contributed by atoms with Gasteiger partial charge in [0, 0.05) is 31.9 Å². The van der Waals surface area contributed by atoms with E-state index in [4.69, 9.17) is 14.2 Å². The van der Waals surface area contributed by atoms with E-state index < -0.39 is 0 Å². The van der Waals surface area contributed by atoms with Gasteiger partial charge in [0.25, 0.3) is 5.24 Å². The molecule has 1 amide bonds. The van der Waals surface area contributed by atoms with Crippen LogP contribution in [0.4, 0.5) is 4.79 Å². The molecule has 1 aliphatic carbocycles. The van der Waals surface area contributed by atoms with E-state index in [1.165, 1.54) is 88.8 Å². The van der Waals surface area contributed by atoms with Crippen molar-refractivity contribution in [1.29, 1.82) is 0 Å². The second kappa shape index (κ2) is 23.5. The highest BCUT2D eigenvalue weighted by Gasteiger charge is 2.40. The summed E-state index contributed by atoms with van der Waals surface area (Å²) >= 11 is 1.41. The predicted molar refractivity (Wildman–Crippen MR) is 175 cm³/mol. The molecule has 0 aromatic carbocycles. The highest BCUT2D eigenvalue weighted by Crippen LogP contribution is 2.42. The number of hydrogen-bond donors (Lipinski definition) is 0. The number of nitrogens with zero attached hydrogens (tertiary/aromatic N) is 2. The quantitative estimate of drug-likeness (QED) is 0.0584. The smallest absolute Gasteiger partial charge is 0.306 e. The third kappa shape index (κ3) is 18.1. The third-order valence-electron chi connectivity index (χ3n) is 8.45. The number of piperidine rings is 1. The Hall–Kier alpha value is -0.830. The molecule has 0 aromatic rings. The van der Waals surface area contributed by atoms with Crippen LogP contribution in [0.15, 0.2) is 0 Å². The largest absolute Gasteiger partial charge is 0.460 e. The van der Waals surface area contributed by atoms with Crippen molar-refractivity contribution in [3.8, 4) is 0 Å². The van der Waals surface area contributed by atoms with Crippen molar-refractivity contribution in [2.75, 3.05) is 52.7 Å². The minimum absolute atomic E-state index is 0.131. The van der Waals surface area contributed by atoms with Gasteiger partial charge in [0.15, 0.2) is 6.29 Å². The number of carbonyl (C=O) groups is 2. The zero-order chi connectivity index (χ0) is 30.4. The number of thioether (sulfide) groups is 1. The molecule has 2 rings (SSSR count). The molecule has 0 aromatic heterocycles. The van der Waals surface area contributed by atoms with Crippen molar-refractivity contribution >= 4 is 23.0 Å². The monoisotopic (exact) mass is 612 g/mol. The average Bonchev–Trinajstić information content (AvgIpc) is 3.82. The zero-order valence-electron chi connectivity index (χ0n) is 27.6. The summed E-state index contributed by atoms with van der Waals surface area (Å²) in [7, 11) is 4.12. The molecule has 2 atom stereocenters. The Morgan fingerprint density at radius 3 is 1.98 bits per heavy atom. The SMILES string of the molecule is CCCCCCCCOC(CCC(=O)OC1CC(C2CC2)CN(C(=O)SCCCN(C)C)C1)OCCCCCCCC. The maximum atomic E-state index is 13.0. The zero-order valence-corrected chi connectivity index (χ0v) is 28.4. The Morgan fingerprint density at radius 2 is 1.40 bits per heavy atom. The molecule has 1 aliphatic heterocycles. The van der Waals surface area contributed by atoms with Crippen LogP contribution in [-0.4, -0.2) is 86.1 Å². The van der Waals surface area contributed by atoms with Crippen LogP contribution in [0.2, 0.25) is 0 Å². The predicted octanol–water partition coefficient (Wildman–Crippen LogP) is 8.30. The van der Waals surface area contributed by atoms with Crippen LogP contribution >= 0.6 is 11.8 Å². The van der Waals surface area contributed by atoms with Crippen LogP contribution < -0.4 is 0 Å². The van der Waals surface area contributed by atoms with E-state index >= 15 is 0 Å². The summed E-state index contributed by atoms with van der Waals surface area (Å²) < 4.78 is 18.2. The summed E-state index contributed by atoms with van der Waals surface area (Å²) in [5, 5.41) is 0.131. The third-order valence-corrected chi connectivity index (χ3v) is 9.45. The first-order valence-corrected chi connectivity index (χ1v) is 18.4. The lowest BCUT2D eigenvalue weighted by Crippen LogP contribution is -2.47. The van der Waals surface area contributed by atoms with Gasteiger partial charge in [-0.1, -0.05) is 89.8 Å². The lowest BCUT2D eigenvalue weighted by atomic mass is 9.92. The topological polar surface area (TPSA) is 68.3 Å². The van der Waals surface area contributed by atoms with E-state index in [0.717, 1.165) is 44.5 Å². The van der Waals surface area contributed by atoms with Gasteiger partial charge in [-0.05, 0) is 71.0 Å². The highest BCUT2D eigenvalue weighted by atomic mass is 32.2. The van der Waals surface area contributed by atoms with Gasteiger partial charge in [-0.25, -0.2) is 0 Å². The maximum absolute atomic E-state index is 13.0. The van der Waals surface area contributed by atoms with Crippen molar-refractivity contribution in [3.63, 3.8) is 0 Å². The summed E-state index contributed by atoms with van der Waals surface area (Å²) in [4.78, 5) is 30.0. The fraction of sp³-hybridized carbons (Fsp3) is 0.941. The Kier molecular flexibility index (Phi) is 20.9. The average molecular weight is 613 g/mol. The highest BCUT2D eigenvalue weighted by molar-refractivity contribution is 8.13. The first kappa shape index (κ1) is 37.4. The van der Waals surface area contributed by atoms with Crippen LogP contribution in [0.1, 0.15) is 129 Å². The van der Waals surface area contributed by atoms with Gasteiger partial charge in [0.2, 0.25) is 0 Å². The van der Waals surface area contributed by atoms with Gasteiger partial charge in [0.05, 0.1) is 13.0 Å². The van der Waals surface area contributed by atoms with E-state index in [1.54, 1.807) is 0 Å². The van der Waals surface area contributed by atoms with Gasteiger partial charge in [0.1, 0.15) is 6.10 Å². The van der Waals surface area contributed by atoms with Crippen molar-refractivity contribution < 1.29 is 23.8 Å².